The zero-order chi connectivity index (χ0) is 25.3. The molecule has 3 heterocycles. The Labute approximate surface area is 210 Å². The first-order valence-electron chi connectivity index (χ1n) is 12.0. The van der Waals surface area contributed by atoms with Gasteiger partial charge in [-0.1, -0.05) is 30.3 Å². The number of carboxylic acid groups (broad SMARTS) is 2. The molecule has 1 aliphatic rings. The summed E-state index contributed by atoms with van der Waals surface area (Å²) in [5.74, 6) is -1.96. The van der Waals surface area contributed by atoms with Crippen molar-refractivity contribution >= 4 is 11.9 Å². The summed E-state index contributed by atoms with van der Waals surface area (Å²) in [5.41, 5.74) is 3.32. The van der Waals surface area contributed by atoms with E-state index in [-0.39, 0.29) is 11.1 Å². The number of nitrogens with zero attached hydrogens (tertiary/aromatic N) is 5. The van der Waals surface area contributed by atoms with Gasteiger partial charge in [0.25, 0.3) is 0 Å². The van der Waals surface area contributed by atoms with Crippen molar-refractivity contribution in [3.05, 3.63) is 95.1 Å². The lowest BCUT2D eigenvalue weighted by Crippen LogP contribution is -2.35. The number of hydrogen-bond acceptors (Lipinski definition) is 7. The Bertz CT molecular complexity index is 1070. The molecule has 0 radical (unpaired) electrons. The molecule has 0 aliphatic carbocycles. The van der Waals surface area contributed by atoms with Crippen molar-refractivity contribution in [2.45, 2.75) is 19.6 Å². The van der Waals surface area contributed by atoms with Gasteiger partial charge in [-0.05, 0) is 29.8 Å². The second-order valence-corrected chi connectivity index (χ2v) is 9.00. The van der Waals surface area contributed by atoms with Crippen LogP contribution in [0.4, 0.5) is 0 Å². The third-order valence-electron chi connectivity index (χ3n) is 6.36. The van der Waals surface area contributed by atoms with Crippen molar-refractivity contribution in [3.63, 3.8) is 0 Å². The molecule has 0 unspecified atom stereocenters. The van der Waals surface area contributed by atoms with Gasteiger partial charge < -0.3 is 10.2 Å². The van der Waals surface area contributed by atoms with Gasteiger partial charge in [-0.2, -0.15) is 0 Å². The van der Waals surface area contributed by atoms with Crippen molar-refractivity contribution in [2.75, 3.05) is 39.3 Å². The van der Waals surface area contributed by atoms with Crippen LogP contribution < -0.4 is 0 Å². The molecule has 36 heavy (non-hydrogen) atoms. The summed E-state index contributed by atoms with van der Waals surface area (Å²) in [4.78, 5) is 38.2. The van der Waals surface area contributed by atoms with Crippen molar-refractivity contribution in [1.82, 2.24) is 24.7 Å². The van der Waals surface area contributed by atoms with Crippen LogP contribution in [-0.4, -0.2) is 86.1 Å². The van der Waals surface area contributed by atoms with E-state index in [1.165, 1.54) is 18.0 Å². The standard InChI is InChI=1S/C27H31N5O4/c33-26(34)22-6-8-24(28-16-22)19-31-12-10-30(18-21-4-2-1-3-5-21)11-13-32(15-14-31)20-25-9-7-23(17-29-25)27(35)36/h1-9,16-17H,10-15,18-20H2,(H,33,34)(H,35,36). The molecule has 0 amide bonds. The molecule has 9 nitrogen and oxygen atoms in total. The molecule has 2 aromatic heterocycles. The minimum absolute atomic E-state index is 0.185. The lowest BCUT2D eigenvalue weighted by molar-refractivity contribution is 0.0685. The van der Waals surface area contributed by atoms with E-state index in [0.717, 1.165) is 57.2 Å². The van der Waals surface area contributed by atoms with E-state index in [9.17, 15) is 9.59 Å². The van der Waals surface area contributed by atoms with Crippen LogP contribution in [0.15, 0.2) is 67.0 Å². The molecule has 9 heteroatoms. The normalized spacial score (nSPS) is 16.1. The molecule has 0 atom stereocenters. The molecule has 0 bridgehead atoms. The fourth-order valence-corrected chi connectivity index (χ4v) is 4.25. The number of aromatic nitrogens is 2. The minimum atomic E-state index is -0.978. The molecule has 2 N–H and O–H groups in total. The second-order valence-electron chi connectivity index (χ2n) is 9.00. The summed E-state index contributed by atoms with van der Waals surface area (Å²) in [6.45, 7) is 7.34. The molecule has 0 spiro atoms. The topological polar surface area (TPSA) is 110 Å². The molecular formula is C27H31N5O4. The van der Waals surface area contributed by atoms with E-state index in [1.54, 1.807) is 24.3 Å². The number of rotatable bonds is 8. The number of carboxylic acids is 2. The fourth-order valence-electron chi connectivity index (χ4n) is 4.25. The number of aromatic carboxylic acids is 2. The van der Waals surface area contributed by atoms with E-state index in [1.807, 2.05) is 6.07 Å². The molecule has 4 rings (SSSR count). The first-order valence-corrected chi connectivity index (χ1v) is 12.0. The van der Waals surface area contributed by atoms with Crippen molar-refractivity contribution in [2.24, 2.45) is 0 Å². The monoisotopic (exact) mass is 489 g/mol. The minimum Gasteiger partial charge on any atom is -0.478 e. The van der Waals surface area contributed by atoms with Crippen LogP contribution in [0.2, 0.25) is 0 Å². The number of pyridine rings is 2. The molecular weight excluding hydrogens is 458 g/mol. The average molecular weight is 490 g/mol. The van der Waals surface area contributed by atoms with Gasteiger partial charge in [0.2, 0.25) is 0 Å². The predicted molar refractivity (Wildman–Crippen MR) is 135 cm³/mol. The second kappa shape index (κ2) is 12.3. The Hall–Kier alpha value is -3.66. The smallest absolute Gasteiger partial charge is 0.337 e. The zero-order valence-electron chi connectivity index (χ0n) is 20.2. The maximum Gasteiger partial charge on any atom is 0.337 e. The number of carbonyl (C=O) groups is 2. The lowest BCUT2D eigenvalue weighted by atomic mass is 10.2. The maximum atomic E-state index is 11.2. The van der Waals surface area contributed by atoms with Crippen LogP contribution in [0.5, 0.6) is 0 Å². The Morgan fingerprint density at radius 2 is 1.03 bits per heavy atom. The van der Waals surface area contributed by atoms with Crippen LogP contribution in [0.25, 0.3) is 0 Å². The van der Waals surface area contributed by atoms with Gasteiger partial charge in [-0.15, -0.1) is 0 Å². The molecule has 0 saturated carbocycles. The summed E-state index contributed by atoms with van der Waals surface area (Å²) in [5, 5.41) is 18.3. The highest BCUT2D eigenvalue weighted by Crippen LogP contribution is 2.12. The third kappa shape index (κ3) is 7.42. The van der Waals surface area contributed by atoms with Crippen LogP contribution in [0.3, 0.4) is 0 Å². The van der Waals surface area contributed by atoms with Gasteiger partial charge in [0.1, 0.15) is 0 Å². The summed E-state index contributed by atoms with van der Waals surface area (Å²) in [6, 6.07) is 17.2. The van der Waals surface area contributed by atoms with E-state index >= 15 is 0 Å². The summed E-state index contributed by atoms with van der Waals surface area (Å²) in [6.07, 6.45) is 2.82. The maximum absolute atomic E-state index is 11.2. The fraction of sp³-hybridized carbons (Fsp3) is 0.333. The summed E-state index contributed by atoms with van der Waals surface area (Å²) in [7, 11) is 0. The largest absolute Gasteiger partial charge is 0.478 e. The van der Waals surface area contributed by atoms with Gasteiger partial charge in [0.15, 0.2) is 0 Å². The third-order valence-corrected chi connectivity index (χ3v) is 6.36. The van der Waals surface area contributed by atoms with Crippen LogP contribution >= 0.6 is 0 Å². The molecule has 3 aromatic rings. The van der Waals surface area contributed by atoms with Crippen molar-refractivity contribution < 1.29 is 19.8 Å². The van der Waals surface area contributed by atoms with E-state index in [4.69, 9.17) is 10.2 Å². The Balaban J connectivity index is 1.46. The quantitative estimate of drug-likeness (QED) is 0.493. The molecule has 1 aromatic carbocycles. The summed E-state index contributed by atoms with van der Waals surface area (Å²) < 4.78 is 0. The Morgan fingerprint density at radius 1 is 0.611 bits per heavy atom. The van der Waals surface area contributed by atoms with Crippen molar-refractivity contribution in [1.29, 1.82) is 0 Å². The summed E-state index contributed by atoms with van der Waals surface area (Å²) >= 11 is 0. The SMILES string of the molecule is O=C(O)c1ccc(CN2CCN(Cc3ccccc3)CCN(Cc3ccc(C(=O)O)cn3)CC2)nc1. The molecule has 188 valence electrons. The van der Waals surface area contributed by atoms with E-state index in [2.05, 4.69) is 48.9 Å². The Kier molecular flexibility index (Phi) is 8.72. The zero-order valence-corrected chi connectivity index (χ0v) is 20.2. The lowest BCUT2D eigenvalue weighted by Gasteiger charge is -2.25. The van der Waals surface area contributed by atoms with E-state index in [0.29, 0.717) is 13.1 Å². The Morgan fingerprint density at radius 3 is 1.39 bits per heavy atom. The van der Waals surface area contributed by atoms with Crippen molar-refractivity contribution in [3.8, 4) is 0 Å². The average Bonchev–Trinajstić information content (AvgIpc) is 2.97. The van der Waals surface area contributed by atoms with Crippen LogP contribution in [0, 0.1) is 0 Å². The molecule has 1 fully saturated rings. The first-order chi connectivity index (χ1) is 17.5. The first kappa shape index (κ1) is 25.4. The van der Waals surface area contributed by atoms with E-state index < -0.39 is 11.9 Å². The van der Waals surface area contributed by atoms with Crippen LogP contribution in [0.1, 0.15) is 37.7 Å². The van der Waals surface area contributed by atoms with Gasteiger partial charge in [0.05, 0.1) is 22.5 Å². The highest BCUT2D eigenvalue weighted by molar-refractivity contribution is 5.87. The van der Waals surface area contributed by atoms with Gasteiger partial charge in [-0.3, -0.25) is 24.7 Å². The number of hydrogen-bond donors (Lipinski definition) is 2. The highest BCUT2D eigenvalue weighted by atomic mass is 16.4. The van der Waals surface area contributed by atoms with Gasteiger partial charge in [-0.25, -0.2) is 9.59 Å². The number of benzene rings is 1. The van der Waals surface area contributed by atoms with Gasteiger partial charge in [0, 0.05) is 71.3 Å². The predicted octanol–water partition coefficient (Wildman–Crippen LogP) is 2.69. The highest BCUT2D eigenvalue weighted by Gasteiger charge is 2.18. The van der Waals surface area contributed by atoms with Gasteiger partial charge >= 0.3 is 11.9 Å². The van der Waals surface area contributed by atoms with Crippen LogP contribution in [-0.2, 0) is 19.6 Å². The molecule has 1 saturated heterocycles. The molecule has 1 aliphatic heterocycles.